The van der Waals surface area contributed by atoms with Crippen molar-refractivity contribution >= 4 is 11.8 Å². The molecule has 1 atom stereocenters. The second-order valence-electron chi connectivity index (χ2n) is 6.32. The third-order valence-corrected chi connectivity index (χ3v) is 4.67. The van der Waals surface area contributed by atoms with Crippen molar-refractivity contribution in [1.29, 1.82) is 0 Å². The Kier molecular flexibility index (Phi) is 4.69. The molecule has 1 aromatic heterocycles. The molecule has 1 aliphatic heterocycles. The first-order valence-electron chi connectivity index (χ1n) is 8.25. The molecule has 1 fully saturated rings. The maximum Gasteiger partial charge on any atom is 0.245 e. The molecule has 5 nitrogen and oxygen atoms in total. The molecule has 0 radical (unpaired) electrons. The van der Waals surface area contributed by atoms with E-state index in [-0.39, 0.29) is 11.8 Å². The van der Waals surface area contributed by atoms with Gasteiger partial charge in [0.1, 0.15) is 11.3 Å². The first kappa shape index (κ1) is 16.3. The van der Waals surface area contributed by atoms with E-state index in [9.17, 15) is 9.59 Å². The molecule has 3 rings (SSSR count). The van der Waals surface area contributed by atoms with Gasteiger partial charge in [-0.2, -0.15) is 0 Å². The third-order valence-electron chi connectivity index (χ3n) is 4.67. The lowest BCUT2D eigenvalue weighted by molar-refractivity contribution is -0.140. The number of carbonyl (C=O) groups excluding carboxylic acids is 2. The van der Waals surface area contributed by atoms with E-state index in [1.54, 1.807) is 11.2 Å². The quantitative estimate of drug-likeness (QED) is 0.887. The van der Waals surface area contributed by atoms with Gasteiger partial charge < -0.3 is 14.6 Å². The molecule has 0 spiro atoms. The summed E-state index contributed by atoms with van der Waals surface area (Å²) in [5.41, 5.74) is 0.249. The molecular formula is C19H22N2O3. The number of carbonyl (C=O) groups is 2. The molecule has 2 amide bonds. The van der Waals surface area contributed by atoms with Crippen LogP contribution in [0.4, 0.5) is 0 Å². The van der Waals surface area contributed by atoms with E-state index in [1.807, 2.05) is 49.4 Å². The van der Waals surface area contributed by atoms with Crippen LogP contribution >= 0.6 is 0 Å². The summed E-state index contributed by atoms with van der Waals surface area (Å²) in [6, 6.07) is 13.5. The van der Waals surface area contributed by atoms with E-state index in [4.69, 9.17) is 4.42 Å². The maximum absolute atomic E-state index is 12.7. The number of furan rings is 1. The summed E-state index contributed by atoms with van der Waals surface area (Å²) in [5, 5.41) is 2.97. The minimum Gasteiger partial charge on any atom is -0.469 e. The van der Waals surface area contributed by atoms with E-state index >= 15 is 0 Å². The standard InChI is InChI=1S/C19H22N2O3/c1-19(18(23)20-14-15-6-3-2-4-7-15)11-9-17(22)21(19)12-10-16-8-5-13-24-16/h2-8,13H,9-12,14H2,1H3,(H,20,23)/t19-/m1/s1. The molecule has 2 heterocycles. The van der Waals surface area contributed by atoms with Crippen LogP contribution in [0, 0.1) is 0 Å². The minimum atomic E-state index is -0.793. The number of amides is 2. The van der Waals surface area contributed by atoms with Crippen LogP contribution in [-0.4, -0.2) is 28.8 Å². The number of benzene rings is 1. The molecule has 2 aromatic rings. The highest BCUT2D eigenvalue weighted by atomic mass is 16.3. The number of likely N-dealkylation sites (tertiary alicyclic amines) is 1. The van der Waals surface area contributed by atoms with Crippen molar-refractivity contribution in [2.45, 2.75) is 38.3 Å². The van der Waals surface area contributed by atoms with Crippen LogP contribution in [-0.2, 0) is 22.6 Å². The highest BCUT2D eigenvalue weighted by Crippen LogP contribution is 2.30. The number of nitrogens with one attached hydrogen (secondary N) is 1. The Hall–Kier alpha value is -2.56. The van der Waals surface area contributed by atoms with Crippen LogP contribution in [0.1, 0.15) is 31.1 Å². The van der Waals surface area contributed by atoms with Gasteiger partial charge in [0, 0.05) is 25.9 Å². The van der Waals surface area contributed by atoms with Crippen LogP contribution in [0.15, 0.2) is 53.1 Å². The molecule has 0 saturated carbocycles. The summed E-state index contributed by atoms with van der Waals surface area (Å²) < 4.78 is 5.32. The smallest absolute Gasteiger partial charge is 0.245 e. The van der Waals surface area contributed by atoms with E-state index in [0.29, 0.717) is 32.4 Å². The lowest BCUT2D eigenvalue weighted by atomic mass is 9.97. The first-order valence-corrected chi connectivity index (χ1v) is 8.25. The normalized spacial score (nSPS) is 20.4. The third kappa shape index (κ3) is 3.35. The van der Waals surface area contributed by atoms with Gasteiger partial charge in [0.2, 0.25) is 11.8 Å². The van der Waals surface area contributed by atoms with Gasteiger partial charge in [0.05, 0.1) is 6.26 Å². The summed E-state index contributed by atoms with van der Waals surface area (Å²) in [6.45, 7) is 2.80. The molecule has 1 N–H and O–H groups in total. The summed E-state index contributed by atoms with van der Waals surface area (Å²) in [6.07, 6.45) is 3.19. The Bertz CT molecular complexity index is 697. The summed E-state index contributed by atoms with van der Waals surface area (Å²) in [7, 11) is 0. The monoisotopic (exact) mass is 326 g/mol. The average molecular weight is 326 g/mol. The van der Waals surface area contributed by atoms with Gasteiger partial charge in [-0.3, -0.25) is 9.59 Å². The Morgan fingerprint density at radius 3 is 2.75 bits per heavy atom. The first-order chi connectivity index (χ1) is 11.6. The fourth-order valence-electron chi connectivity index (χ4n) is 3.15. The Balaban J connectivity index is 1.64. The zero-order valence-corrected chi connectivity index (χ0v) is 13.8. The molecule has 0 unspecified atom stereocenters. The Morgan fingerprint density at radius 1 is 1.25 bits per heavy atom. The number of hydrogen-bond donors (Lipinski definition) is 1. The molecule has 5 heteroatoms. The fraction of sp³-hybridized carbons (Fsp3) is 0.368. The van der Waals surface area contributed by atoms with E-state index in [1.165, 1.54) is 0 Å². The van der Waals surface area contributed by atoms with E-state index in [2.05, 4.69) is 5.32 Å². The molecule has 1 aromatic carbocycles. The van der Waals surface area contributed by atoms with Gasteiger partial charge in [-0.1, -0.05) is 30.3 Å². The molecule has 1 aliphatic rings. The molecule has 126 valence electrons. The van der Waals surface area contributed by atoms with Crippen LogP contribution in [0.5, 0.6) is 0 Å². The highest BCUT2D eigenvalue weighted by Gasteiger charge is 2.46. The van der Waals surface area contributed by atoms with Crippen LogP contribution in [0.2, 0.25) is 0 Å². The van der Waals surface area contributed by atoms with Crippen molar-refractivity contribution in [3.8, 4) is 0 Å². The molecule has 0 aliphatic carbocycles. The van der Waals surface area contributed by atoms with Crippen molar-refractivity contribution < 1.29 is 14.0 Å². The molecule has 1 saturated heterocycles. The SMILES string of the molecule is C[C@]1(C(=O)NCc2ccccc2)CCC(=O)N1CCc1ccco1. The van der Waals surface area contributed by atoms with Gasteiger partial charge in [-0.15, -0.1) is 0 Å². The van der Waals surface area contributed by atoms with Crippen molar-refractivity contribution in [3.05, 3.63) is 60.1 Å². The van der Waals surface area contributed by atoms with Crippen molar-refractivity contribution in [2.24, 2.45) is 0 Å². The predicted molar refractivity (Wildman–Crippen MR) is 90.1 cm³/mol. The van der Waals surface area contributed by atoms with Gasteiger partial charge in [-0.25, -0.2) is 0 Å². The van der Waals surface area contributed by atoms with Gasteiger partial charge in [-0.05, 0) is 31.0 Å². The number of hydrogen-bond acceptors (Lipinski definition) is 3. The second kappa shape index (κ2) is 6.91. The zero-order chi connectivity index (χ0) is 17.0. The lowest BCUT2D eigenvalue weighted by Crippen LogP contribution is -2.54. The van der Waals surface area contributed by atoms with E-state index < -0.39 is 5.54 Å². The zero-order valence-electron chi connectivity index (χ0n) is 13.8. The van der Waals surface area contributed by atoms with Crippen LogP contribution < -0.4 is 5.32 Å². The largest absolute Gasteiger partial charge is 0.469 e. The number of nitrogens with zero attached hydrogens (tertiary/aromatic N) is 1. The molecular weight excluding hydrogens is 304 g/mol. The van der Waals surface area contributed by atoms with Crippen molar-refractivity contribution in [3.63, 3.8) is 0 Å². The second-order valence-corrected chi connectivity index (χ2v) is 6.32. The van der Waals surface area contributed by atoms with Crippen LogP contribution in [0.25, 0.3) is 0 Å². The number of rotatable bonds is 6. The van der Waals surface area contributed by atoms with Gasteiger partial charge in [0.25, 0.3) is 0 Å². The maximum atomic E-state index is 12.7. The summed E-state index contributed by atoms with van der Waals surface area (Å²) in [4.78, 5) is 26.7. The topological polar surface area (TPSA) is 62.6 Å². The summed E-state index contributed by atoms with van der Waals surface area (Å²) in [5.74, 6) is 0.748. The molecule has 0 bridgehead atoms. The van der Waals surface area contributed by atoms with Crippen molar-refractivity contribution in [2.75, 3.05) is 6.54 Å². The van der Waals surface area contributed by atoms with Gasteiger partial charge >= 0.3 is 0 Å². The predicted octanol–water partition coefficient (Wildman–Crippen LogP) is 2.52. The van der Waals surface area contributed by atoms with Crippen LogP contribution in [0.3, 0.4) is 0 Å². The van der Waals surface area contributed by atoms with E-state index in [0.717, 1.165) is 11.3 Å². The Morgan fingerprint density at radius 2 is 2.04 bits per heavy atom. The molecule has 24 heavy (non-hydrogen) atoms. The Labute approximate surface area is 141 Å². The minimum absolute atomic E-state index is 0.0268. The van der Waals surface area contributed by atoms with Crippen molar-refractivity contribution in [1.82, 2.24) is 10.2 Å². The lowest BCUT2D eigenvalue weighted by Gasteiger charge is -2.33. The highest BCUT2D eigenvalue weighted by molar-refractivity contribution is 5.94. The fourth-order valence-corrected chi connectivity index (χ4v) is 3.15. The van der Waals surface area contributed by atoms with Gasteiger partial charge in [0.15, 0.2) is 0 Å². The average Bonchev–Trinajstić information content (AvgIpc) is 3.21. The summed E-state index contributed by atoms with van der Waals surface area (Å²) >= 11 is 0.